The minimum atomic E-state index is -0.768. The fraction of sp³-hybridized carbons (Fsp3) is 0.625. The van der Waals surface area contributed by atoms with Gasteiger partial charge in [-0.3, -0.25) is 15.6 Å². The first-order valence-electron chi connectivity index (χ1n) is 12.8. The molecule has 3 N–H and O–H groups in total. The zero-order valence-electron chi connectivity index (χ0n) is 21.3. The number of aromatic nitrogens is 3. The quantitative estimate of drug-likeness (QED) is 0.268. The van der Waals surface area contributed by atoms with E-state index in [1.54, 1.807) is 18.1 Å². The smallest absolute Gasteiger partial charge is 0.409 e. The lowest BCUT2D eigenvalue weighted by Gasteiger charge is -2.24. The maximum Gasteiger partial charge on any atom is 0.409 e. The molecule has 3 heterocycles. The number of carbonyl (C=O) groups excluding carboxylic acids is 2. The van der Waals surface area contributed by atoms with Crippen molar-refractivity contribution in [3.05, 3.63) is 27.7 Å². The molecule has 2 fully saturated rings. The van der Waals surface area contributed by atoms with E-state index in [1.807, 2.05) is 5.38 Å². The van der Waals surface area contributed by atoms with Crippen LogP contribution in [0.2, 0.25) is 5.28 Å². The number of alkyl carbamates (subject to hydrolysis) is 1. The first kappa shape index (κ1) is 28.2. The molecule has 2 atom stereocenters. The highest BCUT2D eigenvalue weighted by atomic mass is 35.5. The minimum absolute atomic E-state index is 0.0335. The van der Waals surface area contributed by atoms with Crippen molar-refractivity contribution in [2.24, 2.45) is 11.8 Å². The number of thiazole rings is 1. The van der Waals surface area contributed by atoms with Gasteiger partial charge >= 0.3 is 6.09 Å². The molecule has 2 amide bonds. The summed E-state index contributed by atoms with van der Waals surface area (Å²) in [6.07, 6.45) is 7.88. The number of hydrazine groups is 1. The van der Waals surface area contributed by atoms with Gasteiger partial charge in [0.25, 0.3) is 0 Å². The molecule has 4 rings (SSSR count). The highest BCUT2D eigenvalue weighted by molar-refractivity contribution is 7.09. The molecule has 14 heteroatoms. The summed E-state index contributed by atoms with van der Waals surface area (Å²) in [6.45, 7) is 0.956. The van der Waals surface area contributed by atoms with Gasteiger partial charge in [0.1, 0.15) is 5.01 Å². The summed E-state index contributed by atoms with van der Waals surface area (Å²) >= 11 is 7.49. The van der Waals surface area contributed by atoms with Gasteiger partial charge in [-0.15, -0.1) is 11.3 Å². The molecule has 1 aliphatic heterocycles. The molecule has 1 saturated heterocycles. The third kappa shape index (κ3) is 8.11. The molecular weight excluding hydrogens is 537 g/mol. The van der Waals surface area contributed by atoms with Crippen molar-refractivity contribution in [1.82, 2.24) is 25.7 Å². The molecule has 1 aliphatic carbocycles. The normalized spacial score (nSPS) is 18.6. The van der Waals surface area contributed by atoms with Gasteiger partial charge in [0.15, 0.2) is 11.6 Å². The van der Waals surface area contributed by atoms with E-state index in [0.717, 1.165) is 43.5 Å². The van der Waals surface area contributed by atoms with Crippen LogP contribution in [0.5, 0.6) is 0 Å². The zero-order chi connectivity index (χ0) is 26.9. The SMILES string of the molecule is CN(Cc1nccs1)c1nc(Cl)nc(NNC(=O)[C@@H](CNC(=O)OC2CCCCO2)CC2CCCC2)c1F. The summed E-state index contributed by atoms with van der Waals surface area (Å²) in [5.41, 5.74) is 5.09. The predicted molar refractivity (Wildman–Crippen MR) is 141 cm³/mol. The number of halogens is 2. The number of nitrogens with zero attached hydrogens (tertiary/aromatic N) is 4. The summed E-state index contributed by atoms with van der Waals surface area (Å²) in [7, 11) is 1.66. The number of hydrogen-bond donors (Lipinski definition) is 3. The monoisotopic (exact) mass is 569 g/mol. The van der Waals surface area contributed by atoms with Crippen LogP contribution in [0.15, 0.2) is 11.6 Å². The summed E-state index contributed by atoms with van der Waals surface area (Å²) in [5, 5.41) is 5.11. The van der Waals surface area contributed by atoms with Crippen LogP contribution in [0, 0.1) is 17.7 Å². The van der Waals surface area contributed by atoms with Crippen molar-refractivity contribution < 1.29 is 23.5 Å². The van der Waals surface area contributed by atoms with Crippen molar-refractivity contribution in [2.75, 3.05) is 30.5 Å². The molecule has 0 radical (unpaired) electrons. The Balaban J connectivity index is 1.36. The molecular formula is C24H33ClFN7O4S. The van der Waals surface area contributed by atoms with Crippen molar-refractivity contribution in [2.45, 2.75) is 64.2 Å². The van der Waals surface area contributed by atoms with Crippen LogP contribution in [0.3, 0.4) is 0 Å². The number of hydrogen-bond acceptors (Lipinski definition) is 10. The van der Waals surface area contributed by atoms with Gasteiger partial charge in [0.05, 0.1) is 19.1 Å². The average molecular weight is 570 g/mol. The van der Waals surface area contributed by atoms with Crippen LogP contribution in [0.4, 0.5) is 20.8 Å². The van der Waals surface area contributed by atoms with Gasteiger partial charge in [-0.05, 0) is 36.8 Å². The number of rotatable bonds is 11. The number of carbonyl (C=O) groups is 2. The predicted octanol–water partition coefficient (Wildman–Crippen LogP) is 4.25. The number of anilines is 2. The lowest BCUT2D eigenvalue weighted by molar-refractivity contribution is -0.127. The van der Waals surface area contributed by atoms with Crippen LogP contribution in [-0.4, -0.2) is 53.4 Å². The number of nitrogens with one attached hydrogen (secondary N) is 3. The Morgan fingerprint density at radius 2 is 2.05 bits per heavy atom. The van der Waals surface area contributed by atoms with Crippen LogP contribution >= 0.6 is 22.9 Å². The van der Waals surface area contributed by atoms with Crippen LogP contribution < -0.4 is 21.1 Å². The Labute approximate surface area is 229 Å². The third-order valence-electron chi connectivity index (χ3n) is 6.66. The second kappa shape index (κ2) is 13.9. The van der Waals surface area contributed by atoms with Crippen LogP contribution in [0.25, 0.3) is 0 Å². The number of ether oxygens (including phenoxy) is 2. The van der Waals surface area contributed by atoms with E-state index in [-0.39, 0.29) is 23.5 Å². The molecule has 2 aliphatic rings. The van der Waals surface area contributed by atoms with E-state index < -0.39 is 30.0 Å². The lowest BCUT2D eigenvalue weighted by Crippen LogP contribution is -2.43. The molecule has 1 unspecified atom stereocenters. The Hall–Kier alpha value is -2.77. The highest BCUT2D eigenvalue weighted by Gasteiger charge is 2.27. The van der Waals surface area contributed by atoms with Crippen LogP contribution in [-0.2, 0) is 20.8 Å². The second-order valence-electron chi connectivity index (χ2n) is 9.54. The molecule has 2 aromatic rings. The first-order valence-corrected chi connectivity index (χ1v) is 14.1. The van der Waals surface area contributed by atoms with E-state index in [9.17, 15) is 9.59 Å². The van der Waals surface area contributed by atoms with Gasteiger partial charge < -0.3 is 19.7 Å². The van der Waals surface area contributed by atoms with E-state index in [1.165, 1.54) is 11.3 Å². The Morgan fingerprint density at radius 1 is 1.26 bits per heavy atom. The second-order valence-corrected chi connectivity index (χ2v) is 10.9. The molecule has 1 saturated carbocycles. The summed E-state index contributed by atoms with van der Waals surface area (Å²) in [5.74, 6) is -1.65. The maximum atomic E-state index is 15.2. The molecule has 0 bridgehead atoms. The highest BCUT2D eigenvalue weighted by Crippen LogP contribution is 2.30. The van der Waals surface area contributed by atoms with Crippen molar-refractivity contribution >= 4 is 46.6 Å². The minimum Gasteiger partial charge on any atom is -0.420 e. The first-order chi connectivity index (χ1) is 18.4. The van der Waals surface area contributed by atoms with Gasteiger partial charge in [-0.2, -0.15) is 14.4 Å². The van der Waals surface area contributed by atoms with Gasteiger partial charge in [0, 0.05) is 31.6 Å². The Bertz CT molecular complexity index is 1070. The van der Waals surface area contributed by atoms with E-state index in [4.69, 9.17) is 21.1 Å². The van der Waals surface area contributed by atoms with Crippen LogP contribution in [0.1, 0.15) is 56.4 Å². The van der Waals surface area contributed by atoms with Gasteiger partial charge in [0.2, 0.25) is 23.3 Å². The topological polar surface area (TPSA) is 131 Å². The fourth-order valence-corrected chi connectivity index (χ4v) is 5.51. The lowest BCUT2D eigenvalue weighted by atomic mass is 9.92. The van der Waals surface area contributed by atoms with E-state index >= 15 is 4.39 Å². The zero-order valence-corrected chi connectivity index (χ0v) is 22.8. The summed E-state index contributed by atoms with van der Waals surface area (Å²) in [6, 6.07) is 0. The van der Waals surface area contributed by atoms with E-state index in [2.05, 4.69) is 31.1 Å². The Morgan fingerprint density at radius 3 is 2.76 bits per heavy atom. The van der Waals surface area contributed by atoms with Gasteiger partial charge in [-0.1, -0.05) is 25.7 Å². The Kier molecular flexibility index (Phi) is 10.3. The molecule has 2 aromatic heterocycles. The van der Waals surface area contributed by atoms with Crippen molar-refractivity contribution in [1.29, 1.82) is 0 Å². The maximum absolute atomic E-state index is 15.2. The van der Waals surface area contributed by atoms with E-state index in [0.29, 0.717) is 31.9 Å². The van der Waals surface area contributed by atoms with Crippen molar-refractivity contribution in [3.63, 3.8) is 0 Å². The number of amides is 2. The summed E-state index contributed by atoms with van der Waals surface area (Å²) < 4.78 is 26.0. The summed E-state index contributed by atoms with van der Waals surface area (Å²) in [4.78, 5) is 39.1. The molecule has 0 spiro atoms. The molecule has 38 heavy (non-hydrogen) atoms. The standard InChI is InChI=1S/C24H33ClFN7O4S/c1-33(14-17-27-9-11-38-17)21-19(26)20(29-23(25)30-21)31-32-22(34)16(12-15-6-2-3-7-15)13-28-24(35)37-18-8-4-5-10-36-18/h9,11,15-16,18H,2-8,10,12-14H2,1H3,(H,28,35)(H,32,34)(H,29,30,31)/t16-,18?/m1/s1. The largest absolute Gasteiger partial charge is 0.420 e. The fourth-order valence-electron chi connectivity index (χ4n) is 4.68. The third-order valence-corrected chi connectivity index (χ3v) is 7.59. The van der Waals surface area contributed by atoms with Gasteiger partial charge in [-0.25, -0.2) is 9.78 Å². The molecule has 0 aromatic carbocycles. The molecule has 208 valence electrons. The molecule has 11 nitrogen and oxygen atoms in total. The average Bonchev–Trinajstić information content (AvgIpc) is 3.61. The van der Waals surface area contributed by atoms with Crippen molar-refractivity contribution in [3.8, 4) is 0 Å².